The maximum absolute atomic E-state index is 15.2. The van der Waals surface area contributed by atoms with Crippen LogP contribution in [0, 0.1) is 11.7 Å². The van der Waals surface area contributed by atoms with Crippen LogP contribution in [0.1, 0.15) is 85.5 Å². The molecule has 0 radical (unpaired) electrons. The lowest BCUT2D eigenvalue weighted by Gasteiger charge is -2.35. The first-order chi connectivity index (χ1) is 18.1. The van der Waals surface area contributed by atoms with Crippen molar-refractivity contribution in [2.75, 3.05) is 6.54 Å². The largest absolute Gasteiger partial charge is 0.481 e. The molecule has 38 heavy (non-hydrogen) atoms. The number of aromatic nitrogens is 3. The second-order valence-electron chi connectivity index (χ2n) is 11.1. The van der Waals surface area contributed by atoms with Crippen LogP contribution in [0.2, 0.25) is 0 Å². The van der Waals surface area contributed by atoms with Crippen LogP contribution in [0.5, 0.6) is 0 Å². The minimum atomic E-state index is -2.77. The van der Waals surface area contributed by atoms with Crippen molar-refractivity contribution >= 4 is 17.5 Å². The first kappa shape index (κ1) is 24.9. The molecule has 1 N–H and O–H groups in total. The third-order valence-corrected chi connectivity index (χ3v) is 8.30. The summed E-state index contributed by atoms with van der Waals surface area (Å²) in [5, 5.41) is 13.7. The number of halogens is 3. The van der Waals surface area contributed by atoms with Crippen LogP contribution in [0.15, 0.2) is 30.3 Å². The Kier molecular flexibility index (Phi) is 5.96. The number of carbonyl (C=O) groups is 2. The highest BCUT2D eigenvalue weighted by Crippen LogP contribution is 2.49. The van der Waals surface area contributed by atoms with Crippen LogP contribution < -0.4 is 0 Å². The van der Waals surface area contributed by atoms with E-state index in [9.17, 15) is 23.5 Å². The first-order valence-electron chi connectivity index (χ1n) is 13.2. The Morgan fingerprint density at radius 2 is 1.89 bits per heavy atom. The van der Waals surface area contributed by atoms with Gasteiger partial charge in [0.05, 0.1) is 17.3 Å². The number of hydrogen-bond donors (Lipinski definition) is 1. The molecule has 2 saturated carbocycles. The molecule has 1 saturated heterocycles. The molecule has 3 aromatic rings. The Morgan fingerprint density at radius 3 is 2.58 bits per heavy atom. The number of aliphatic carboxylic acids is 1. The minimum absolute atomic E-state index is 0.0554. The SMILES string of the molecule is C[C@@H]1CCCCCN1C(=O)c1cc(C2CC(F)(F)C2)n2nc(-c3ccc([C@@H]4C[C@H]4C(=O)O)cc3F)cc2n1. The van der Waals surface area contributed by atoms with Crippen molar-refractivity contribution in [3.05, 3.63) is 53.1 Å². The predicted molar refractivity (Wildman–Crippen MR) is 133 cm³/mol. The molecule has 1 amide bonds. The summed E-state index contributed by atoms with van der Waals surface area (Å²) in [6, 6.07) is 7.79. The van der Waals surface area contributed by atoms with Crippen molar-refractivity contribution in [2.24, 2.45) is 5.92 Å². The maximum Gasteiger partial charge on any atom is 0.307 e. The Labute approximate surface area is 217 Å². The lowest BCUT2D eigenvalue weighted by atomic mass is 9.79. The highest BCUT2D eigenvalue weighted by molar-refractivity contribution is 5.93. The highest BCUT2D eigenvalue weighted by Gasteiger charge is 2.47. The molecule has 6 rings (SSSR count). The number of benzene rings is 1. The van der Waals surface area contributed by atoms with Gasteiger partial charge in [0.25, 0.3) is 5.91 Å². The van der Waals surface area contributed by atoms with Crippen molar-refractivity contribution in [2.45, 2.75) is 75.7 Å². The van der Waals surface area contributed by atoms with Gasteiger partial charge in [0.1, 0.15) is 11.5 Å². The minimum Gasteiger partial charge on any atom is -0.481 e. The molecule has 3 heterocycles. The van der Waals surface area contributed by atoms with E-state index in [-0.39, 0.29) is 47.7 Å². The van der Waals surface area contributed by atoms with Crippen molar-refractivity contribution in [3.63, 3.8) is 0 Å². The van der Waals surface area contributed by atoms with Crippen LogP contribution in [-0.2, 0) is 4.79 Å². The zero-order valence-electron chi connectivity index (χ0n) is 21.0. The Bertz CT molecular complexity index is 1430. The van der Waals surface area contributed by atoms with Crippen molar-refractivity contribution in [1.82, 2.24) is 19.5 Å². The number of carboxylic acid groups (broad SMARTS) is 1. The number of alkyl halides is 2. The number of likely N-dealkylation sites (tertiary alicyclic amines) is 1. The molecule has 7 nitrogen and oxygen atoms in total. The maximum atomic E-state index is 15.2. The van der Waals surface area contributed by atoms with Gasteiger partial charge in [-0.25, -0.2) is 22.7 Å². The van der Waals surface area contributed by atoms with E-state index in [0.29, 0.717) is 29.9 Å². The van der Waals surface area contributed by atoms with Gasteiger partial charge in [-0.2, -0.15) is 5.10 Å². The Hall–Kier alpha value is -3.43. The van der Waals surface area contributed by atoms with Gasteiger partial charge in [-0.15, -0.1) is 0 Å². The number of rotatable bonds is 5. The molecule has 2 aromatic heterocycles. The molecule has 1 aromatic carbocycles. The quantitative estimate of drug-likeness (QED) is 0.465. The molecular formula is C28H29F3N4O3. The molecular weight excluding hydrogens is 497 g/mol. The lowest BCUT2D eigenvalue weighted by Crippen LogP contribution is -2.39. The van der Waals surface area contributed by atoms with Crippen molar-refractivity contribution in [1.29, 1.82) is 0 Å². The molecule has 3 atom stereocenters. The van der Waals surface area contributed by atoms with Gasteiger partial charge < -0.3 is 10.0 Å². The van der Waals surface area contributed by atoms with E-state index in [1.807, 2.05) is 11.8 Å². The number of carboxylic acids is 1. The number of hydrogen-bond acceptors (Lipinski definition) is 4. The molecule has 2 aliphatic carbocycles. The van der Waals surface area contributed by atoms with E-state index in [0.717, 1.165) is 25.7 Å². The number of nitrogens with zero attached hydrogens (tertiary/aromatic N) is 4. The normalized spacial score (nSPS) is 25.2. The molecule has 3 fully saturated rings. The van der Waals surface area contributed by atoms with Crippen LogP contribution in [0.3, 0.4) is 0 Å². The standard InChI is InChI=1S/C28H29F3N4O3/c1-15-5-3-2-4-8-34(15)26(36)23-11-24(17-13-28(30,31)14-17)35-25(32-23)12-22(33-35)18-7-6-16(9-21(18)29)19-10-20(19)27(37)38/h6-7,9,11-12,15,17,19-20H,2-5,8,10,13-14H2,1H3,(H,37,38)/t15-,19+,20-/m1/s1. The van der Waals surface area contributed by atoms with Gasteiger partial charge in [0, 0.05) is 43.0 Å². The number of amides is 1. The summed E-state index contributed by atoms with van der Waals surface area (Å²) in [7, 11) is 0. The van der Waals surface area contributed by atoms with Gasteiger partial charge in [0.15, 0.2) is 5.65 Å². The third kappa shape index (κ3) is 4.43. The number of fused-ring (bicyclic) bond motifs is 1. The number of carbonyl (C=O) groups excluding carboxylic acids is 1. The van der Waals surface area contributed by atoms with E-state index < -0.39 is 29.5 Å². The molecule has 1 aliphatic heterocycles. The van der Waals surface area contributed by atoms with Gasteiger partial charge in [-0.05, 0) is 55.9 Å². The molecule has 0 bridgehead atoms. The fourth-order valence-electron chi connectivity index (χ4n) is 5.93. The van der Waals surface area contributed by atoms with Crippen LogP contribution in [0.4, 0.5) is 13.2 Å². The van der Waals surface area contributed by atoms with Gasteiger partial charge in [-0.1, -0.05) is 18.9 Å². The predicted octanol–water partition coefficient (Wildman–Crippen LogP) is 5.64. The molecule has 200 valence electrons. The second-order valence-corrected chi connectivity index (χ2v) is 11.1. The summed E-state index contributed by atoms with van der Waals surface area (Å²) in [5.41, 5.74) is 2.05. The fraction of sp³-hybridized carbons (Fsp3) is 0.500. The summed E-state index contributed by atoms with van der Waals surface area (Å²) >= 11 is 0. The summed E-state index contributed by atoms with van der Waals surface area (Å²) in [5.74, 6) is -5.63. The van der Waals surface area contributed by atoms with Crippen LogP contribution in [-0.4, -0.2) is 55.0 Å². The van der Waals surface area contributed by atoms with E-state index in [2.05, 4.69) is 10.1 Å². The average Bonchev–Trinajstić information content (AvgIpc) is 3.59. The highest BCUT2D eigenvalue weighted by atomic mass is 19.3. The van der Waals surface area contributed by atoms with Gasteiger partial charge >= 0.3 is 5.97 Å². The molecule has 0 unspecified atom stereocenters. The average molecular weight is 527 g/mol. The summed E-state index contributed by atoms with van der Waals surface area (Å²) in [6.45, 7) is 2.63. The van der Waals surface area contributed by atoms with Gasteiger partial charge in [-0.3, -0.25) is 9.59 Å². The molecule has 0 spiro atoms. The third-order valence-electron chi connectivity index (χ3n) is 8.30. The Balaban J connectivity index is 1.38. The van der Waals surface area contributed by atoms with Crippen molar-refractivity contribution < 1.29 is 27.9 Å². The van der Waals surface area contributed by atoms with Crippen LogP contribution in [0.25, 0.3) is 16.9 Å². The zero-order valence-corrected chi connectivity index (χ0v) is 21.0. The first-order valence-corrected chi connectivity index (χ1v) is 13.2. The van der Waals surface area contributed by atoms with E-state index >= 15 is 4.39 Å². The van der Waals surface area contributed by atoms with E-state index in [1.165, 1.54) is 10.6 Å². The second kappa shape index (κ2) is 9.10. The van der Waals surface area contributed by atoms with Crippen molar-refractivity contribution in [3.8, 4) is 11.3 Å². The van der Waals surface area contributed by atoms with Gasteiger partial charge in [0.2, 0.25) is 5.92 Å². The van der Waals surface area contributed by atoms with E-state index in [1.54, 1.807) is 24.3 Å². The fourth-order valence-corrected chi connectivity index (χ4v) is 5.93. The molecule has 3 aliphatic rings. The van der Waals surface area contributed by atoms with E-state index in [4.69, 9.17) is 0 Å². The Morgan fingerprint density at radius 1 is 1.11 bits per heavy atom. The zero-order chi connectivity index (χ0) is 26.8. The monoisotopic (exact) mass is 526 g/mol. The summed E-state index contributed by atoms with van der Waals surface area (Å²) in [6.07, 6.45) is 3.70. The smallest absolute Gasteiger partial charge is 0.307 e. The summed E-state index contributed by atoms with van der Waals surface area (Å²) < 4.78 is 44.3. The summed E-state index contributed by atoms with van der Waals surface area (Å²) in [4.78, 5) is 31.1. The lowest BCUT2D eigenvalue weighted by molar-refractivity contribution is -0.138. The van der Waals surface area contributed by atoms with Crippen LogP contribution >= 0.6 is 0 Å². The topological polar surface area (TPSA) is 87.8 Å². The molecule has 10 heteroatoms.